The van der Waals surface area contributed by atoms with Crippen molar-refractivity contribution in [1.29, 1.82) is 0 Å². The maximum Gasteiger partial charge on any atom is 0.316 e. The Hall–Kier alpha value is -0.180. The number of hydrogen-bond donors (Lipinski definition) is 2. The average Bonchev–Trinajstić information content (AvgIpc) is 1.86. The second-order valence-corrected chi connectivity index (χ2v) is 3.80. The van der Waals surface area contributed by atoms with E-state index in [2.05, 4.69) is 26.5 Å². The molecule has 0 saturated carbocycles. The van der Waals surface area contributed by atoms with E-state index in [9.17, 15) is 4.79 Å². The Morgan fingerprint density at radius 3 is 2.36 bits per heavy atom. The van der Waals surface area contributed by atoms with Crippen molar-refractivity contribution in [2.24, 2.45) is 5.92 Å². The van der Waals surface area contributed by atoms with Crippen LogP contribution in [0.2, 0.25) is 0 Å². The maximum absolute atomic E-state index is 10.3. The number of hydrogen-bond acceptors (Lipinski definition) is 2. The molecule has 0 saturated heterocycles. The summed E-state index contributed by atoms with van der Waals surface area (Å²) in [6.07, 6.45) is 2.72. The van der Waals surface area contributed by atoms with E-state index in [1.807, 2.05) is 0 Å². The van der Waals surface area contributed by atoms with Gasteiger partial charge in [-0.25, -0.2) is 0 Å². The van der Waals surface area contributed by atoms with Gasteiger partial charge in [-0.3, -0.25) is 4.79 Å². The first-order valence-corrected chi connectivity index (χ1v) is 4.46. The fraction of sp³-hybridized carbons (Fsp3) is 0.875. The van der Waals surface area contributed by atoms with Crippen molar-refractivity contribution in [1.82, 2.24) is 0 Å². The lowest BCUT2D eigenvalue weighted by molar-refractivity contribution is -0.136. The van der Waals surface area contributed by atoms with Gasteiger partial charge in [0.1, 0.15) is 0 Å². The second kappa shape index (κ2) is 5.47. The highest BCUT2D eigenvalue weighted by atomic mass is 32.1. The van der Waals surface area contributed by atoms with Crippen LogP contribution in [0.1, 0.15) is 33.1 Å². The van der Waals surface area contributed by atoms with Crippen LogP contribution in [0.15, 0.2) is 0 Å². The molecule has 0 radical (unpaired) electrons. The second-order valence-electron chi connectivity index (χ2n) is 3.18. The SMILES string of the molecule is CC(C)CCCC(S)C(=O)O. The summed E-state index contributed by atoms with van der Waals surface area (Å²) in [5.41, 5.74) is 0. The lowest BCUT2D eigenvalue weighted by atomic mass is 10.1. The molecule has 0 aliphatic heterocycles. The van der Waals surface area contributed by atoms with Gasteiger partial charge in [0.05, 0.1) is 5.25 Å². The highest BCUT2D eigenvalue weighted by Gasteiger charge is 2.10. The number of thiol groups is 1. The third kappa shape index (κ3) is 6.23. The van der Waals surface area contributed by atoms with Gasteiger partial charge in [-0.15, -0.1) is 0 Å². The fourth-order valence-corrected chi connectivity index (χ4v) is 1.03. The first-order valence-electron chi connectivity index (χ1n) is 3.95. The van der Waals surface area contributed by atoms with E-state index in [4.69, 9.17) is 5.11 Å². The summed E-state index contributed by atoms with van der Waals surface area (Å²) in [6.45, 7) is 4.27. The molecule has 1 N–H and O–H groups in total. The monoisotopic (exact) mass is 176 g/mol. The molecule has 1 unspecified atom stereocenters. The molecule has 0 aromatic heterocycles. The van der Waals surface area contributed by atoms with Crippen molar-refractivity contribution in [3.05, 3.63) is 0 Å². The van der Waals surface area contributed by atoms with Crippen molar-refractivity contribution < 1.29 is 9.90 Å². The van der Waals surface area contributed by atoms with Crippen LogP contribution < -0.4 is 0 Å². The van der Waals surface area contributed by atoms with Crippen molar-refractivity contribution in [3.8, 4) is 0 Å². The molecule has 0 amide bonds. The van der Waals surface area contributed by atoms with Gasteiger partial charge in [0, 0.05) is 0 Å². The van der Waals surface area contributed by atoms with Gasteiger partial charge in [0.2, 0.25) is 0 Å². The van der Waals surface area contributed by atoms with Crippen LogP contribution in [0.5, 0.6) is 0 Å². The lowest BCUT2D eigenvalue weighted by Gasteiger charge is -2.06. The lowest BCUT2D eigenvalue weighted by Crippen LogP contribution is -2.13. The Morgan fingerprint density at radius 1 is 1.45 bits per heavy atom. The normalized spacial score (nSPS) is 13.5. The molecule has 0 aliphatic rings. The molecule has 3 heteroatoms. The van der Waals surface area contributed by atoms with E-state index in [0.29, 0.717) is 12.3 Å². The summed E-state index contributed by atoms with van der Waals surface area (Å²) in [4.78, 5) is 10.3. The summed E-state index contributed by atoms with van der Waals surface area (Å²) in [6, 6.07) is 0. The zero-order valence-electron chi connectivity index (χ0n) is 7.08. The molecule has 0 rings (SSSR count). The molecule has 11 heavy (non-hydrogen) atoms. The van der Waals surface area contributed by atoms with E-state index in [0.717, 1.165) is 12.8 Å². The van der Waals surface area contributed by atoms with Gasteiger partial charge in [0.15, 0.2) is 0 Å². The molecule has 2 nitrogen and oxygen atoms in total. The van der Waals surface area contributed by atoms with Crippen molar-refractivity contribution in [2.75, 3.05) is 0 Å². The molecule has 0 bridgehead atoms. The number of carbonyl (C=O) groups is 1. The van der Waals surface area contributed by atoms with Crippen molar-refractivity contribution in [3.63, 3.8) is 0 Å². The molecule has 0 aromatic carbocycles. The maximum atomic E-state index is 10.3. The van der Waals surface area contributed by atoms with Gasteiger partial charge in [-0.1, -0.05) is 26.7 Å². The third-order valence-corrected chi connectivity index (χ3v) is 2.02. The zero-order valence-corrected chi connectivity index (χ0v) is 7.97. The quantitative estimate of drug-likeness (QED) is 0.630. The Morgan fingerprint density at radius 2 is 2.00 bits per heavy atom. The van der Waals surface area contributed by atoms with Gasteiger partial charge >= 0.3 is 5.97 Å². The van der Waals surface area contributed by atoms with Crippen LogP contribution in [0, 0.1) is 5.92 Å². The molecule has 1 atom stereocenters. The van der Waals surface area contributed by atoms with E-state index in [-0.39, 0.29) is 0 Å². The zero-order chi connectivity index (χ0) is 8.85. The predicted molar refractivity (Wildman–Crippen MR) is 49.1 cm³/mol. The van der Waals surface area contributed by atoms with Crippen molar-refractivity contribution in [2.45, 2.75) is 38.4 Å². The minimum Gasteiger partial charge on any atom is -0.480 e. The average molecular weight is 176 g/mol. The molecule has 66 valence electrons. The fourth-order valence-electron chi connectivity index (χ4n) is 0.843. The van der Waals surface area contributed by atoms with Gasteiger partial charge < -0.3 is 5.11 Å². The van der Waals surface area contributed by atoms with Crippen LogP contribution in [0.4, 0.5) is 0 Å². The highest BCUT2D eigenvalue weighted by Crippen LogP contribution is 2.11. The standard InChI is InChI=1S/C8H16O2S/c1-6(2)4-3-5-7(11)8(9)10/h6-7,11H,3-5H2,1-2H3,(H,9,10). The molecule has 0 aliphatic carbocycles. The van der Waals surface area contributed by atoms with E-state index >= 15 is 0 Å². The van der Waals surface area contributed by atoms with Gasteiger partial charge in [-0.2, -0.15) is 12.6 Å². The predicted octanol–water partition coefficient (Wildman–Crippen LogP) is 2.20. The summed E-state index contributed by atoms with van der Waals surface area (Å²) in [7, 11) is 0. The number of carboxylic acid groups (broad SMARTS) is 1. The third-order valence-electron chi connectivity index (χ3n) is 1.54. The van der Waals surface area contributed by atoms with E-state index in [1.165, 1.54) is 0 Å². The minimum absolute atomic E-state index is 0.478. The van der Waals surface area contributed by atoms with Gasteiger partial charge in [0.25, 0.3) is 0 Å². The minimum atomic E-state index is -0.808. The Kier molecular flexibility index (Phi) is 5.38. The smallest absolute Gasteiger partial charge is 0.316 e. The number of rotatable bonds is 5. The molecule has 0 spiro atoms. The summed E-state index contributed by atoms with van der Waals surface area (Å²) >= 11 is 3.93. The highest BCUT2D eigenvalue weighted by molar-refractivity contribution is 7.81. The summed E-state index contributed by atoms with van der Waals surface area (Å²) < 4.78 is 0. The number of carboxylic acids is 1. The van der Waals surface area contributed by atoms with Crippen LogP contribution in [-0.2, 0) is 4.79 Å². The van der Waals surface area contributed by atoms with Crippen molar-refractivity contribution >= 4 is 18.6 Å². The Bertz CT molecular complexity index is 123. The van der Waals surface area contributed by atoms with Crippen LogP contribution >= 0.6 is 12.6 Å². The van der Waals surface area contributed by atoms with Crippen LogP contribution in [-0.4, -0.2) is 16.3 Å². The largest absolute Gasteiger partial charge is 0.480 e. The topological polar surface area (TPSA) is 37.3 Å². The molecule has 0 fully saturated rings. The Labute approximate surface area is 73.4 Å². The molecule has 0 aromatic rings. The van der Waals surface area contributed by atoms with Gasteiger partial charge in [-0.05, 0) is 12.3 Å². The first kappa shape index (κ1) is 10.8. The summed E-state index contributed by atoms with van der Waals surface area (Å²) in [5, 5.41) is 7.99. The molecule has 0 heterocycles. The van der Waals surface area contributed by atoms with E-state index in [1.54, 1.807) is 0 Å². The Balaban J connectivity index is 3.31. The number of aliphatic carboxylic acids is 1. The summed E-state index contributed by atoms with van der Waals surface area (Å²) in [5.74, 6) is -0.151. The first-order chi connectivity index (χ1) is 5.04. The van der Waals surface area contributed by atoms with Crippen LogP contribution in [0.25, 0.3) is 0 Å². The molecular weight excluding hydrogens is 160 g/mol. The van der Waals surface area contributed by atoms with E-state index < -0.39 is 11.2 Å². The molecular formula is C8H16O2S. The van der Waals surface area contributed by atoms with Crippen LogP contribution in [0.3, 0.4) is 0 Å².